The van der Waals surface area contributed by atoms with Crippen molar-refractivity contribution in [1.29, 1.82) is 0 Å². The molecule has 4 aliphatic rings. The lowest BCUT2D eigenvalue weighted by atomic mass is 9.69. The number of aliphatic hydroxyl groups is 1. The van der Waals surface area contributed by atoms with Gasteiger partial charge in [0.15, 0.2) is 0 Å². The first-order chi connectivity index (χ1) is 5.29. The van der Waals surface area contributed by atoms with Crippen molar-refractivity contribution in [2.75, 3.05) is 0 Å². The maximum atomic E-state index is 9.82. The first-order valence-corrected chi connectivity index (χ1v) is 4.66. The highest BCUT2D eigenvalue weighted by Gasteiger charge is 2.57. The van der Waals surface area contributed by atoms with Crippen molar-refractivity contribution in [3.63, 3.8) is 0 Å². The minimum atomic E-state index is -0.0139. The van der Waals surface area contributed by atoms with Gasteiger partial charge < -0.3 is 5.11 Å². The fraction of sp³-hybridized carbons (Fsp3) is 0.800. The third-order valence-electron chi connectivity index (χ3n) is 4.16. The third-order valence-corrected chi connectivity index (χ3v) is 4.16. The molecule has 4 fully saturated rings. The van der Waals surface area contributed by atoms with Crippen molar-refractivity contribution in [3.8, 4) is 0 Å². The summed E-state index contributed by atoms with van der Waals surface area (Å²) < 4.78 is 0. The number of hydrogen-bond donors (Lipinski definition) is 1. The van der Waals surface area contributed by atoms with Gasteiger partial charge in [-0.3, -0.25) is 0 Å². The van der Waals surface area contributed by atoms with Gasteiger partial charge in [0.2, 0.25) is 0 Å². The van der Waals surface area contributed by atoms with E-state index in [-0.39, 0.29) is 6.10 Å². The molecule has 4 bridgehead atoms. The molecule has 5 atom stereocenters. The average Bonchev–Trinajstić information content (AvgIpc) is 2.38. The predicted octanol–water partition coefficient (Wildman–Crippen LogP) is 1.58. The van der Waals surface area contributed by atoms with Crippen LogP contribution in [-0.4, -0.2) is 11.2 Å². The van der Waals surface area contributed by atoms with E-state index in [4.69, 9.17) is 0 Å². The zero-order valence-electron chi connectivity index (χ0n) is 6.66. The van der Waals surface area contributed by atoms with Crippen LogP contribution >= 0.6 is 0 Å². The molecule has 0 aromatic carbocycles. The lowest BCUT2D eigenvalue weighted by Crippen LogP contribution is -2.37. The quantitative estimate of drug-likeness (QED) is 0.520. The van der Waals surface area contributed by atoms with Gasteiger partial charge in [0.25, 0.3) is 0 Å². The van der Waals surface area contributed by atoms with Gasteiger partial charge >= 0.3 is 0 Å². The molecule has 0 heterocycles. The maximum absolute atomic E-state index is 9.82. The molecule has 4 rings (SSSR count). The Balaban J connectivity index is 2.09. The summed E-state index contributed by atoms with van der Waals surface area (Å²) in [5.74, 6) is 2.59. The van der Waals surface area contributed by atoms with Crippen molar-refractivity contribution in [2.45, 2.75) is 25.4 Å². The number of rotatable bonds is 0. The zero-order valence-corrected chi connectivity index (χ0v) is 6.66. The molecule has 0 amide bonds. The van der Waals surface area contributed by atoms with Gasteiger partial charge in [-0.15, -0.1) is 0 Å². The Morgan fingerprint density at radius 2 is 2.18 bits per heavy atom. The van der Waals surface area contributed by atoms with Crippen molar-refractivity contribution in [3.05, 3.63) is 12.2 Å². The van der Waals surface area contributed by atoms with Crippen molar-refractivity contribution in [2.24, 2.45) is 23.7 Å². The summed E-state index contributed by atoms with van der Waals surface area (Å²) in [6, 6.07) is 0. The average molecular weight is 150 g/mol. The second-order valence-electron chi connectivity index (χ2n) is 4.43. The van der Waals surface area contributed by atoms with E-state index in [1.54, 1.807) is 0 Å². The van der Waals surface area contributed by atoms with E-state index in [0.717, 1.165) is 5.92 Å². The summed E-state index contributed by atoms with van der Waals surface area (Å²) in [6.45, 7) is 4.11. The molecule has 4 saturated carbocycles. The standard InChI is InChI=1S/C10H14O/c1-5-8-4-6-2-3-7(8)10(11)9(5)6/h6-11H,1-4H2/t6-,7+,8+,9+,10-/m1/s1. The van der Waals surface area contributed by atoms with Gasteiger partial charge in [-0.2, -0.15) is 0 Å². The Bertz CT molecular complexity index is 219. The second-order valence-corrected chi connectivity index (χ2v) is 4.43. The topological polar surface area (TPSA) is 20.2 Å². The van der Waals surface area contributed by atoms with Crippen LogP contribution in [-0.2, 0) is 0 Å². The summed E-state index contributed by atoms with van der Waals surface area (Å²) in [7, 11) is 0. The fourth-order valence-electron chi connectivity index (χ4n) is 3.70. The SMILES string of the molecule is C=C1[C@H]2[C@@H]3CC[C@H]([C@H]2O)[C@H]1C3. The molecular formula is C10H14O. The molecule has 0 spiro atoms. The highest BCUT2D eigenvalue weighted by atomic mass is 16.3. The third kappa shape index (κ3) is 0.538. The summed E-state index contributed by atoms with van der Waals surface area (Å²) in [5, 5.41) is 9.82. The molecule has 1 heteroatoms. The van der Waals surface area contributed by atoms with Crippen LogP contribution in [0.5, 0.6) is 0 Å². The Labute approximate surface area is 67.1 Å². The van der Waals surface area contributed by atoms with Gasteiger partial charge in [0.1, 0.15) is 0 Å². The van der Waals surface area contributed by atoms with Crippen LogP contribution in [0.3, 0.4) is 0 Å². The van der Waals surface area contributed by atoms with Gasteiger partial charge in [0, 0.05) is 5.92 Å². The minimum absolute atomic E-state index is 0.0139. The molecule has 60 valence electrons. The summed E-state index contributed by atoms with van der Waals surface area (Å²) in [4.78, 5) is 0. The van der Waals surface area contributed by atoms with Gasteiger partial charge in [-0.1, -0.05) is 12.2 Å². The van der Waals surface area contributed by atoms with Crippen LogP contribution in [0.2, 0.25) is 0 Å². The van der Waals surface area contributed by atoms with E-state index < -0.39 is 0 Å². The molecule has 1 nitrogen and oxygen atoms in total. The first-order valence-electron chi connectivity index (χ1n) is 4.66. The summed E-state index contributed by atoms with van der Waals surface area (Å²) in [5.41, 5.74) is 1.38. The van der Waals surface area contributed by atoms with E-state index in [9.17, 15) is 5.11 Å². The molecule has 1 N–H and O–H groups in total. The number of fused-ring (bicyclic) bond motifs is 1. The Morgan fingerprint density at radius 1 is 1.36 bits per heavy atom. The Morgan fingerprint density at radius 3 is 2.64 bits per heavy atom. The van der Waals surface area contributed by atoms with Gasteiger partial charge in [0.05, 0.1) is 6.10 Å². The largest absolute Gasteiger partial charge is 0.392 e. The van der Waals surface area contributed by atoms with E-state index in [2.05, 4.69) is 6.58 Å². The smallest absolute Gasteiger partial charge is 0.0641 e. The van der Waals surface area contributed by atoms with Crippen LogP contribution in [0.4, 0.5) is 0 Å². The van der Waals surface area contributed by atoms with E-state index in [1.807, 2.05) is 0 Å². The van der Waals surface area contributed by atoms with Crippen molar-refractivity contribution < 1.29 is 5.11 Å². The number of hydrogen-bond acceptors (Lipinski definition) is 1. The van der Waals surface area contributed by atoms with Crippen molar-refractivity contribution in [1.82, 2.24) is 0 Å². The highest BCUT2D eigenvalue weighted by Crippen LogP contribution is 2.61. The molecule has 0 aliphatic heterocycles. The number of aliphatic hydroxyl groups excluding tert-OH is 1. The van der Waals surface area contributed by atoms with Gasteiger partial charge in [-0.05, 0) is 37.0 Å². The second kappa shape index (κ2) is 1.71. The minimum Gasteiger partial charge on any atom is -0.392 e. The zero-order chi connectivity index (χ0) is 7.59. The van der Waals surface area contributed by atoms with Crippen molar-refractivity contribution >= 4 is 0 Å². The van der Waals surface area contributed by atoms with Crippen LogP contribution in [0, 0.1) is 23.7 Å². The molecule has 0 aromatic heterocycles. The van der Waals surface area contributed by atoms with Crippen LogP contribution < -0.4 is 0 Å². The molecular weight excluding hydrogens is 136 g/mol. The summed E-state index contributed by atoms with van der Waals surface area (Å²) in [6.07, 6.45) is 3.93. The Hall–Kier alpha value is -0.300. The fourth-order valence-corrected chi connectivity index (χ4v) is 3.70. The molecule has 0 aromatic rings. The van der Waals surface area contributed by atoms with Crippen LogP contribution in [0.25, 0.3) is 0 Å². The molecule has 4 aliphatic carbocycles. The monoisotopic (exact) mass is 150 g/mol. The lowest BCUT2D eigenvalue weighted by molar-refractivity contribution is -0.00937. The summed E-state index contributed by atoms with van der Waals surface area (Å²) >= 11 is 0. The maximum Gasteiger partial charge on any atom is 0.0641 e. The predicted molar refractivity (Wildman–Crippen MR) is 43.0 cm³/mol. The van der Waals surface area contributed by atoms with E-state index in [0.29, 0.717) is 17.8 Å². The van der Waals surface area contributed by atoms with E-state index >= 15 is 0 Å². The van der Waals surface area contributed by atoms with Crippen LogP contribution in [0.15, 0.2) is 12.2 Å². The molecule has 0 unspecified atom stereocenters. The molecule has 11 heavy (non-hydrogen) atoms. The van der Waals surface area contributed by atoms with Crippen LogP contribution in [0.1, 0.15) is 19.3 Å². The normalized spacial score (nSPS) is 59.4. The first kappa shape index (κ1) is 6.24. The molecule has 0 saturated heterocycles. The lowest BCUT2D eigenvalue weighted by Gasteiger charge is -2.38. The van der Waals surface area contributed by atoms with E-state index in [1.165, 1.54) is 24.8 Å². The Kier molecular flexibility index (Phi) is 0.972. The van der Waals surface area contributed by atoms with Gasteiger partial charge in [-0.25, -0.2) is 0 Å². The highest BCUT2D eigenvalue weighted by molar-refractivity contribution is 5.26. The molecule has 0 radical (unpaired) electrons.